The zero-order valence-corrected chi connectivity index (χ0v) is 18.7. The largest absolute Gasteiger partial charge is 0.495 e. The third-order valence-corrected chi connectivity index (χ3v) is 6.17. The minimum Gasteiger partial charge on any atom is -0.495 e. The Balaban J connectivity index is 2.46. The summed E-state index contributed by atoms with van der Waals surface area (Å²) in [6.07, 6.45) is 1.56. The van der Waals surface area contributed by atoms with E-state index in [2.05, 4.69) is 10.0 Å². The zero-order valence-electron chi connectivity index (χ0n) is 17.9. The molecule has 158 valence electrons. The van der Waals surface area contributed by atoms with Crippen molar-refractivity contribution < 1.29 is 17.9 Å². The number of nitrogens with one attached hydrogen (secondary N) is 2. The summed E-state index contributed by atoms with van der Waals surface area (Å²) in [6, 6.07) is 10.3. The molecule has 29 heavy (non-hydrogen) atoms. The number of carbonyl (C=O) groups excluding carboxylic acids is 1. The van der Waals surface area contributed by atoms with Gasteiger partial charge < -0.3 is 10.1 Å². The second-order valence-electron chi connectivity index (χ2n) is 7.83. The maximum Gasteiger partial charge on any atom is 0.255 e. The smallest absolute Gasteiger partial charge is 0.255 e. The number of methoxy groups -OCH3 is 1. The summed E-state index contributed by atoms with van der Waals surface area (Å²) < 4.78 is 33.5. The van der Waals surface area contributed by atoms with Gasteiger partial charge in [0.1, 0.15) is 10.6 Å². The number of para-hydroxylation sites is 1. The standard InChI is InChI=1S/C22H30N2O4S/c1-7-15-10-9-11-16(8-2)20(15)23-21(25)17-12-13-18(28-6)19(14-17)29(26,27)24-22(3,4)5/h9-14,24H,7-8H2,1-6H3,(H,23,25). The topological polar surface area (TPSA) is 84.5 Å². The summed E-state index contributed by atoms with van der Waals surface area (Å²) >= 11 is 0. The lowest BCUT2D eigenvalue weighted by atomic mass is 10.0. The molecule has 0 radical (unpaired) electrons. The fraction of sp³-hybridized carbons (Fsp3) is 0.409. The van der Waals surface area contributed by atoms with Gasteiger partial charge in [0.15, 0.2) is 0 Å². The predicted molar refractivity (Wildman–Crippen MR) is 116 cm³/mol. The van der Waals surface area contributed by atoms with Crippen LogP contribution in [0.3, 0.4) is 0 Å². The lowest BCUT2D eigenvalue weighted by Gasteiger charge is -2.21. The lowest BCUT2D eigenvalue weighted by molar-refractivity contribution is 0.102. The van der Waals surface area contributed by atoms with Gasteiger partial charge in [-0.1, -0.05) is 32.0 Å². The number of benzene rings is 2. The average Bonchev–Trinajstić information content (AvgIpc) is 2.65. The molecule has 0 aliphatic carbocycles. The minimum atomic E-state index is -3.87. The van der Waals surface area contributed by atoms with E-state index in [1.54, 1.807) is 26.8 Å². The van der Waals surface area contributed by atoms with Crippen LogP contribution in [-0.4, -0.2) is 27.0 Å². The van der Waals surface area contributed by atoms with Crippen LogP contribution < -0.4 is 14.8 Å². The first-order chi connectivity index (χ1) is 13.5. The fourth-order valence-corrected chi connectivity index (χ4v) is 4.69. The second-order valence-corrected chi connectivity index (χ2v) is 9.48. The highest BCUT2D eigenvalue weighted by Gasteiger charge is 2.26. The quantitative estimate of drug-likeness (QED) is 0.707. The van der Waals surface area contributed by atoms with E-state index in [0.29, 0.717) is 0 Å². The van der Waals surface area contributed by atoms with E-state index in [1.807, 2.05) is 32.0 Å². The first-order valence-corrected chi connectivity index (χ1v) is 11.1. The van der Waals surface area contributed by atoms with Crippen LogP contribution in [0.25, 0.3) is 0 Å². The Morgan fingerprint density at radius 1 is 1.03 bits per heavy atom. The van der Waals surface area contributed by atoms with Crippen LogP contribution in [-0.2, 0) is 22.9 Å². The Hall–Kier alpha value is -2.38. The summed E-state index contributed by atoms with van der Waals surface area (Å²) in [4.78, 5) is 12.9. The number of anilines is 1. The van der Waals surface area contributed by atoms with E-state index >= 15 is 0 Å². The van der Waals surface area contributed by atoms with Crippen LogP contribution in [0.2, 0.25) is 0 Å². The highest BCUT2D eigenvalue weighted by Crippen LogP contribution is 2.28. The second kappa shape index (κ2) is 8.97. The molecule has 0 aliphatic heterocycles. The van der Waals surface area contributed by atoms with Crippen LogP contribution >= 0.6 is 0 Å². The highest BCUT2D eigenvalue weighted by atomic mass is 32.2. The Labute approximate surface area is 173 Å². The molecule has 0 aromatic heterocycles. The summed E-state index contributed by atoms with van der Waals surface area (Å²) in [7, 11) is -2.47. The molecule has 0 atom stereocenters. The van der Waals surface area contributed by atoms with Crippen molar-refractivity contribution in [1.82, 2.24) is 4.72 Å². The summed E-state index contributed by atoms with van der Waals surface area (Å²) in [5, 5.41) is 2.97. The highest BCUT2D eigenvalue weighted by molar-refractivity contribution is 7.89. The first-order valence-electron chi connectivity index (χ1n) is 9.66. The molecule has 0 bridgehead atoms. The number of sulfonamides is 1. The number of aryl methyl sites for hydroxylation is 2. The van der Waals surface area contributed by atoms with E-state index in [0.717, 1.165) is 29.7 Å². The van der Waals surface area contributed by atoms with E-state index < -0.39 is 15.6 Å². The Morgan fingerprint density at radius 3 is 2.10 bits per heavy atom. The van der Waals surface area contributed by atoms with Gasteiger partial charge in [0.05, 0.1) is 7.11 Å². The average molecular weight is 419 g/mol. The van der Waals surface area contributed by atoms with Crippen molar-refractivity contribution in [3.05, 3.63) is 53.1 Å². The van der Waals surface area contributed by atoms with Crippen LogP contribution in [0.15, 0.2) is 41.3 Å². The van der Waals surface area contributed by atoms with Gasteiger partial charge in [-0.25, -0.2) is 13.1 Å². The van der Waals surface area contributed by atoms with E-state index in [1.165, 1.54) is 19.2 Å². The molecule has 6 nitrogen and oxygen atoms in total. The molecular weight excluding hydrogens is 388 g/mol. The van der Waals surface area contributed by atoms with Gasteiger partial charge in [-0.05, 0) is 62.9 Å². The van der Waals surface area contributed by atoms with Crippen molar-refractivity contribution >= 4 is 21.6 Å². The van der Waals surface area contributed by atoms with Crippen LogP contribution in [0.1, 0.15) is 56.1 Å². The number of rotatable bonds is 7. The van der Waals surface area contributed by atoms with Gasteiger partial charge in [0.25, 0.3) is 5.91 Å². The van der Waals surface area contributed by atoms with Gasteiger partial charge in [0.2, 0.25) is 10.0 Å². The number of hydrogen-bond acceptors (Lipinski definition) is 4. The van der Waals surface area contributed by atoms with E-state index in [9.17, 15) is 13.2 Å². The fourth-order valence-electron chi connectivity index (χ4n) is 3.07. The normalized spacial score (nSPS) is 11.9. The number of amides is 1. The summed E-state index contributed by atoms with van der Waals surface area (Å²) in [6.45, 7) is 9.31. The summed E-state index contributed by atoms with van der Waals surface area (Å²) in [5.41, 5.74) is 2.43. The van der Waals surface area contributed by atoms with Crippen LogP contribution in [0, 0.1) is 0 Å². The molecule has 0 saturated heterocycles. The van der Waals surface area contributed by atoms with Crippen LogP contribution in [0.4, 0.5) is 5.69 Å². The predicted octanol–water partition coefficient (Wildman–Crippen LogP) is 4.15. The molecule has 0 aliphatic rings. The monoisotopic (exact) mass is 418 g/mol. The van der Waals surface area contributed by atoms with Crippen molar-refractivity contribution in [2.24, 2.45) is 0 Å². The van der Waals surface area contributed by atoms with E-state index in [-0.39, 0.29) is 22.1 Å². The Kier molecular flexibility index (Phi) is 7.08. The van der Waals surface area contributed by atoms with Crippen molar-refractivity contribution in [2.75, 3.05) is 12.4 Å². The molecule has 0 saturated carbocycles. The Morgan fingerprint density at radius 2 is 1.62 bits per heavy atom. The number of carbonyl (C=O) groups is 1. The van der Waals surface area contributed by atoms with Gasteiger partial charge >= 0.3 is 0 Å². The molecule has 0 heterocycles. The van der Waals surface area contributed by atoms with Crippen molar-refractivity contribution in [1.29, 1.82) is 0 Å². The zero-order chi connectivity index (χ0) is 21.8. The number of ether oxygens (including phenoxy) is 1. The Bertz CT molecular complexity index is 970. The third-order valence-electron chi connectivity index (χ3n) is 4.39. The molecule has 0 unspecified atom stereocenters. The molecule has 2 aromatic rings. The SMILES string of the molecule is CCc1cccc(CC)c1NC(=O)c1ccc(OC)c(S(=O)(=O)NC(C)(C)C)c1. The van der Waals surface area contributed by atoms with Crippen LogP contribution in [0.5, 0.6) is 5.75 Å². The molecule has 2 N–H and O–H groups in total. The minimum absolute atomic E-state index is 0.0675. The molecule has 1 amide bonds. The molecule has 2 rings (SSSR count). The lowest BCUT2D eigenvalue weighted by Crippen LogP contribution is -2.40. The maximum absolute atomic E-state index is 12.9. The third kappa shape index (κ3) is 5.58. The summed E-state index contributed by atoms with van der Waals surface area (Å²) in [5.74, 6) is -0.183. The van der Waals surface area contributed by atoms with Crippen molar-refractivity contribution in [3.63, 3.8) is 0 Å². The molecule has 7 heteroatoms. The van der Waals surface area contributed by atoms with Gasteiger partial charge in [-0.15, -0.1) is 0 Å². The maximum atomic E-state index is 12.9. The van der Waals surface area contributed by atoms with Gasteiger partial charge in [-0.2, -0.15) is 0 Å². The van der Waals surface area contributed by atoms with E-state index in [4.69, 9.17) is 4.74 Å². The molecular formula is C22H30N2O4S. The van der Waals surface area contributed by atoms with Gasteiger partial charge in [-0.3, -0.25) is 4.79 Å². The van der Waals surface area contributed by atoms with Gasteiger partial charge in [0, 0.05) is 16.8 Å². The first kappa shape index (κ1) is 22.9. The number of hydrogen-bond donors (Lipinski definition) is 2. The molecule has 2 aromatic carbocycles. The van der Waals surface area contributed by atoms with Crippen molar-refractivity contribution in [2.45, 2.75) is 57.9 Å². The molecule has 0 spiro atoms. The molecule has 0 fully saturated rings. The van der Waals surface area contributed by atoms with Crippen molar-refractivity contribution in [3.8, 4) is 5.75 Å².